The average molecular weight is 255 g/mol. The molecule has 1 aliphatic heterocycles. The third-order valence-corrected chi connectivity index (χ3v) is 3.38. The van der Waals surface area contributed by atoms with Crippen LogP contribution >= 0.6 is 0 Å². The van der Waals surface area contributed by atoms with Gasteiger partial charge in [0.2, 0.25) is 0 Å². The van der Waals surface area contributed by atoms with Crippen molar-refractivity contribution in [1.82, 2.24) is 14.9 Å². The summed E-state index contributed by atoms with van der Waals surface area (Å²) in [5, 5.41) is 0. The average Bonchev–Trinajstić information content (AvgIpc) is 3.03. The summed E-state index contributed by atoms with van der Waals surface area (Å²) in [6.45, 7) is 2.31. The number of carbonyl (C=O) groups excluding carboxylic acids is 2. The molecule has 96 valence electrons. The van der Waals surface area contributed by atoms with Crippen molar-refractivity contribution in [3.05, 3.63) is 53.6 Å². The Balaban J connectivity index is 1.85. The number of rotatable bonds is 3. The Morgan fingerprint density at radius 1 is 1.21 bits per heavy atom. The number of nitrogens with zero attached hydrogens (tertiary/aromatic N) is 2. The molecule has 1 aromatic carbocycles. The molecule has 0 unspecified atom stereocenters. The molecule has 1 aromatic heterocycles. The van der Waals surface area contributed by atoms with Crippen LogP contribution in [0.25, 0.3) is 0 Å². The Hall–Kier alpha value is -2.43. The van der Waals surface area contributed by atoms with Gasteiger partial charge in [0.05, 0.1) is 17.5 Å². The molecule has 2 aromatic rings. The van der Waals surface area contributed by atoms with Crippen molar-refractivity contribution in [3.8, 4) is 0 Å². The molecule has 0 saturated carbocycles. The highest BCUT2D eigenvalue weighted by atomic mass is 16.2. The first-order valence-corrected chi connectivity index (χ1v) is 6.12. The Kier molecular flexibility index (Phi) is 2.67. The molecule has 1 atom stereocenters. The highest BCUT2D eigenvalue weighted by molar-refractivity contribution is 6.21. The smallest absolute Gasteiger partial charge is 0.261 e. The zero-order valence-corrected chi connectivity index (χ0v) is 10.5. The SMILES string of the molecule is C[C@H](CN1C(=O)c2ccccc2C1=O)c1cnc[nH]1. The summed E-state index contributed by atoms with van der Waals surface area (Å²) < 4.78 is 0. The molecule has 5 nitrogen and oxygen atoms in total. The second kappa shape index (κ2) is 4.35. The molecule has 0 saturated heterocycles. The summed E-state index contributed by atoms with van der Waals surface area (Å²) in [4.78, 5) is 32.6. The number of hydrogen-bond acceptors (Lipinski definition) is 3. The fraction of sp³-hybridized carbons (Fsp3) is 0.214. The van der Waals surface area contributed by atoms with Crippen molar-refractivity contribution < 1.29 is 9.59 Å². The predicted octanol–water partition coefficient (Wildman–Crippen LogP) is 1.81. The number of benzene rings is 1. The monoisotopic (exact) mass is 255 g/mol. The fourth-order valence-electron chi connectivity index (χ4n) is 2.31. The van der Waals surface area contributed by atoms with Crippen LogP contribution in [0.15, 0.2) is 36.8 Å². The van der Waals surface area contributed by atoms with E-state index < -0.39 is 0 Å². The van der Waals surface area contributed by atoms with Crippen LogP contribution in [0, 0.1) is 0 Å². The Bertz CT molecular complexity index is 599. The molecule has 0 bridgehead atoms. The van der Waals surface area contributed by atoms with E-state index in [1.165, 1.54) is 4.90 Å². The number of amides is 2. The van der Waals surface area contributed by atoms with Crippen molar-refractivity contribution in [2.24, 2.45) is 0 Å². The first-order valence-electron chi connectivity index (χ1n) is 6.12. The lowest BCUT2D eigenvalue weighted by atomic mass is 10.1. The third-order valence-electron chi connectivity index (χ3n) is 3.38. The summed E-state index contributed by atoms with van der Waals surface area (Å²) in [5.74, 6) is -0.399. The van der Waals surface area contributed by atoms with Crippen LogP contribution < -0.4 is 0 Å². The summed E-state index contributed by atoms with van der Waals surface area (Å²) in [6.07, 6.45) is 3.30. The number of imide groups is 1. The number of H-pyrrole nitrogens is 1. The minimum absolute atomic E-state index is 0.0321. The van der Waals surface area contributed by atoms with Crippen molar-refractivity contribution in [1.29, 1.82) is 0 Å². The van der Waals surface area contributed by atoms with Crippen molar-refractivity contribution in [3.63, 3.8) is 0 Å². The van der Waals surface area contributed by atoms with Gasteiger partial charge in [0.15, 0.2) is 0 Å². The largest absolute Gasteiger partial charge is 0.348 e. The quantitative estimate of drug-likeness (QED) is 0.850. The zero-order chi connectivity index (χ0) is 13.4. The molecule has 0 fully saturated rings. The lowest BCUT2D eigenvalue weighted by molar-refractivity contribution is 0.0646. The molecule has 19 heavy (non-hydrogen) atoms. The molecular formula is C14H13N3O2. The summed E-state index contributed by atoms with van der Waals surface area (Å²) >= 11 is 0. The van der Waals surface area contributed by atoms with Gasteiger partial charge in [0, 0.05) is 24.4 Å². The Labute approximate surface area is 110 Å². The first-order chi connectivity index (χ1) is 9.18. The number of fused-ring (bicyclic) bond motifs is 1. The van der Waals surface area contributed by atoms with Crippen molar-refractivity contribution >= 4 is 11.8 Å². The van der Waals surface area contributed by atoms with Crippen LogP contribution in [-0.2, 0) is 0 Å². The van der Waals surface area contributed by atoms with E-state index in [2.05, 4.69) is 9.97 Å². The minimum Gasteiger partial charge on any atom is -0.348 e. The van der Waals surface area contributed by atoms with Gasteiger partial charge >= 0.3 is 0 Å². The molecule has 1 N–H and O–H groups in total. The molecule has 5 heteroatoms. The highest BCUT2D eigenvalue weighted by Crippen LogP contribution is 2.25. The lowest BCUT2D eigenvalue weighted by Crippen LogP contribution is -2.33. The molecular weight excluding hydrogens is 242 g/mol. The lowest BCUT2D eigenvalue weighted by Gasteiger charge is -2.18. The van der Waals surface area contributed by atoms with Crippen LogP contribution in [0.5, 0.6) is 0 Å². The number of carbonyl (C=O) groups is 2. The summed E-state index contributed by atoms with van der Waals surface area (Å²) in [6, 6.07) is 6.92. The van der Waals surface area contributed by atoms with E-state index in [9.17, 15) is 9.59 Å². The van der Waals surface area contributed by atoms with E-state index >= 15 is 0 Å². The van der Waals surface area contributed by atoms with Gasteiger partial charge in [0.1, 0.15) is 0 Å². The number of aromatic amines is 1. The van der Waals surface area contributed by atoms with Gasteiger partial charge in [-0.15, -0.1) is 0 Å². The van der Waals surface area contributed by atoms with Gasteiger partial charge in [-0.25, -0.2) is 4.98 Å². The van der Waals surface area contributed by atoms with Crippen LogP contribution in [0.4, 0.5) is 0 Å². The molecule has 2 amide bonds. The molecule has 2 heterocycles. The number of imidazole rings is 1. The second-order valence-electron chi connectivity index (χ2n) is 4.67. The van der Waals surface area contributed by atoms with Gasteiger partial charge in [-0.3, -0.25) is 14.5 Å². The summed E-state index contributed by atoms with van der Waals surface area (Å²) in [5.41, 5.74) is 1.89. The first kappa shape index (κ1) is 11.6. The Morgan fingerprint density at radius 2 is 1.84 bits per heavy atom. The normalized spacial score (nSPS) is 15.7. The molecule has 0 aliphatic carbocycles. The van der Waals surface area contributed by atoms with E-state index in [-0.39, 0.29) is 17.7 Å². The van der Waals surface area contributed by atoms with Gasteiger partial charge in [-0.2, -0.15) is 0 Å². The molecule has 1 aliphatic rings. The fourth-order valence-corrected chi connectivity index (χ4v) is 2.31. The maximum Gasteiger partial charge on any atom is 0.261 e. The number of hydrogen-bond donors (Lipinski definition) is 1. The van der Waals surface area contributed by atoms with Crippen LogP contribution in [0.2, 0.25) is 0 Å². The van der Waals surface area contributed by atoms with Gasteiger partial charge in [-0.05, 0) is 12.1 Å². The van der Waals surface area contributed by atoms with Crippen LogP contribution in [0.1, 0.15) is 39.3 Å². The van der Waals surface area contributed by atoms with Crippen LogP contribution in [0.3, 0.4) is 0 Å². The Morgan fingerprint density at radius 3 is 2.37 bits per heavy atom. The molecule has 0 spiro atoms. The van der Waals surface area contributed by atoms with Crippen molar-refractivity contribution in [2.75, 3.05) is 6.54 Å². The highest BCUT2D eigenvalue weighted by Gasteiger charge is 2.35. The second-order valence-corrected chi connectivity index (χ2v) is 4.67. The van der Waals surface area contributed by atoms with E-state index in [0.29, 0.717) is 17.7 Å². The van der Waals surface area contributed by atoms with Gasteiger partial charge < -0.3 is 4.98 Å². The third kappa shape index (κ3) is 1.83. The topological polar surface area (TPSA) is 66.1 Å². The van der Waals surface area contributed by atoms with Gasteiger partial charge in [0.25, 0.3) is 11.8 Å². The molecule has 3 rings (SSSR count). The van der Waals surface area contributed by atoms with Crippen LogP contribution in [-0.4, -0.2) is 33.2 Å². The predicted molar refractivity (Wildman–Crippen MR) is 68.8 cm³/mol. The minimum atomic E-state index is -0.216. The van der Waals surface area contributed by atoms with Gasteiger partial charge in [-0.1, -0.05) is 19.1 Å². The maximum absolute atomic E-state index is 12.2. The standard InChI is InChI=1S/C14H13N3O2/c1-9(12-6-15-8-16-12)7-17-13(18)10-4-2-3-5-11(10)14(17)19/h2-6,8-9H,7H2,1H3,(H,15,16)/t9-/m1/s1. The maximum atomic E-state index is 12.2. The van der Waals surface area contributed by atoms with E-state index in [1.807, 2.05) is 6.92 Å². The van der Waals surface area contributed by atoms with E-state index in [4.69, 9.17) is 0 Å². The number of nitrogens with one attached hydrogen (secondary N) is 1. The van der Waals surface area contributed by atoms with E-state index in [0.717, 1.165) is 5.69 Å². The van der Waals surface area contributed by atoms with E-state index in [1.54, 1.807) is 36.8 Å². The summed E-state index contributed by atoms with van der Waals surface area (Å²) in [7, 11) is 0. The molecule has 0 radical (unpaired) electrons. The van der Waals surface area contributed by atoms with Crippen molar-refractivity contribution in [2.45, 2.75) is 12.8 Å². The number of aromatic nitrogens is 2. The zero-order valence-electron chi connectivity index (χ0n) is 10.5.